The monoisotopic (exact) mass is 260 g/mol. The van der Waals surface area contributed by atoms with Gasteiger partial charge in [-0.2, -0.15) is 0 Å². The second-order valence-electron chi connectivity index (χ2n) is 5.18. The summed E-state index contributed by atoms with van der Waals surface area (Å²) < 4.78 is 0. The van der Waals surface area contributed by atoms with E-state index in [1.165, 1.54) is 0 Å². The Bertz CT molecular complexity index is 261. The first-order chi connectivity index (χ1) is 8.36. The summed E-state index contributed by atoms with van der Waals surface area (Å²) in [4.78, 5) is 20.1. The van der Waals surface area contributed by atoms with E-state index in [1.54, 1.807) is 0 Å². The molecular weight excluding hydrogens is 240 g/mol. The molecule has 0 aliphatic heterocycles. The maximum Gasteiger partial charge on any atom is 0.303 e. The van der Waals surface area contributed by atoms with Crippen molar-refractivity contribution >= 4 is 11.9 Å². The Kier molecular flexibility index (Phi) is 5.55. The van der Waals surface area contributed by atoms with Gasteiger partial charge in [-0.05, 0) is 37.5 Å². The number of aliphatic carboxylic acids is 2. The van der Waals surface area contributed by atoms with Crippen LogP contribution in [0, 0.1) is 11.8 Å². The summed E-state index contributed by atoms with van der Waals surface area (Å²) >= 11 is 0. The fourth-order valence-corrected chi connectivity index (χ4v) is 2.23. The first-order valence-corrected chi connectivity index (χ1v) is 6.16. The fourth-order valence-electron chi connectivity index (χ4n) is 2.23. The zero-order chi connectivity index (χ0) is 13.7. The molecule has 0 unspecified atom stereocenters. The van der Waals surface area contributed by atoms with Crippen molar-refractivity contribution in [2.24, 2.45) is 11.8 Å². The second-order valence-corrected chi connectivity index (χ2v) is 5.18. The molecule has 2 aliphatic rings. The van der Waals surface area contributed by atoms with Crippen molar-refractivity contribution in [3.63, 3.8) is 0 Å². The van der Waals surface area contributed by atoms with Crippen molar-refractivity contribution in [2.45, 2.75) is 50.7 Å². The van der Waals surface area contributed by atoms with Gasteiger partial charge in [0.1, 0.15) is 0 Å². The van der Waals surface area contributed by atoms with Gasteiger partial charge in [0, 0.05) is 12.8 Å². The third-order valence-corrected chi connectivity index (χ3v) is 3.35. The third-order valence-electron chi connectivity index (χ3n) is 3.35. The molecular formula is C12H20O6. The zero-order valence-corrected chi connectivity index (χ0v) is 10.2. The van der Waals surface area contributed by atoms with Crippen LogP contribution in [-0.4, -0.2) is 44.6 Å². The fraction of sp³-hybridized carbons (Fsp3) is 0.833. The molecule has 104 valence electrons. The third kappa shape index (κ3) is 5.46. The second kappa shape index (κ2) is 6.70. The van der Waals surface area contributed by atoms with E-state index in [1.807, 2.05) is 0 Å². The number of carboxylic acid groups (broad SMARTS) is 2. The molecule has 6 heteroatoms. The average molecular weight is 260 g/mol. The summed E-state index contributed by atoms with van der Waals surface area (Å²) in [6, 6.07) is 0. The van der Waals surface area contributed by atoms with Gasteiger partial charge >= 0.3 is 11.9 Å². The number of aliphatic hydroxyl groups excluding tert-OH is 2. The van der Waals surface area contributed by atoms with Crippen LogP contribution in [0.1, 0.15) is 38.5 Å². The number of carbonyl (C=O) groups is 2. The predicted octanol–water partition coefficient (Wildman–Crippen LogP) is 0.464. The number of rotatable bonds is 4. The molecule has 0 aromatic rings. The topological polar surface area (TPSA) is 115 Å². The van der Waals surface area contributed by atoms with Crippen molar-refractivity contribution in [3.8, 4) is 0 Å². The normalized spacial score (nSPS) is 33.4. The maximum absolute atomic E-state index is 10.0. The maximum atomic E-state index is 10.0. The van der Waals surface area contributed by atoms with Gasteiger partial charge in [0.25, 0.3) is 0 Å². The molecule has 0 heterocycles. The molecule has 2 saturated carbocycles. The Morgan fingerprint density at radius 2 is 1.06 bits per heavy atom. The Morgan fingerprint density at radius 3 is 1.22 bits per heavy atom. The highest BCUT2D eigenvalue weighted by atomic mass is 16.4. The molecule has 2 rings (SSSR count). The Hall–Kier alpha value is -1.14. The predicted molar refractivity (Wildman–Crippen MR) is 62.0 cm³/mol. The average Bonchev–Trinajstić information content (AvgIpc) is 2.12. The SMILES string of the molecule is O=C(O)CC1CC(O)C1.O=C(O)CC1CC(O)C1. The molecule has 0 spiro atoms. The van der Waals surface area contributed by atoms with Gasteiger partial charge in [0.05, 0.1) is 12.2 Å². The summed E-state index contributed by atoms with van der Waals surface area (Å²) in [5.41, 5.74) is 0. The number of hydrogen-bond acceptors (Lipinski definition) is 4. The summed E-state index contributed by atoms with van der Waals surface area (Å²) in [6.07, 6.45) is 2.68. The molecule has 2 fully saturated rings. The van der Waals surface area contributed by atoms with Crippen molar-refractivity contribution in [2.75, 3.05) is 0 Å². The summed E-state index contributed by atoms with van der Waals surface area (Å²) in [5.74, 6) is -1.05. The molecule has 0 amide bonds. The van der Waals surface area contributed by atoms with Crippen molar-refractivity contribution < 1.29 is 30.0 Å². The molecule has 0 aromatic carbocycles. The summed E-state index contributed by atoms with van der Waals surface area (Å²) in [6.45, 7) is 0. The van der Waals surface area contributed by atoms with E-state index in [0.717, 1.165) is 0 Å². The molecule has 0 bridgehead atoms. The number of hydrogen-bond donors (Lipinski definition) is 4. The number of aliphatic hydroxyl groups is 2. The summed E-state index contributed by atoms with van der Waals surface area (Å²) in [5, 5.41) is 34.0. The van der Waals surface area contributed by atoms with E-state index in [4.69, 9.17) is 20.4 Å². The molecule has 18 heavy (non-hydrogen) atoms. The van der Waals surface area contributed by atoms with Crippen LogP contribution in [0.15, 0.2) is 0 Å². The Morgan fingerprint density at radius 1 is 0.778 bits per heavy atom. The Balaban J connectivity index is 0.000000180. The van der Waals surface area contributed by atoms with E-state index in [-0.39, 0.29) is 36.9 Å². The minimum atomic E-state index is -0.758. The van der Waals surface area contributed by atoms with Crippen LogP contribution in [0.2, 0.25) is 0 Å². The van der Waals surface area contributed by atoms with E-state index in [0.29, 0.717) is 25.7 Å². The first-order valence-electron chi connectivity index (χ1n) is 6.16. The van der Waals surface area contributed by atoms with Crippen LogP contribution in [0.5, 0.6) is 0 Å². The first kappa shape index (κ1) is 14.9. The lowest BCUT2D eigenvalue weighted by molar-refractivity contribution is -0.140. The van der Waals surface area contributed by atoms with Gasteiger partial charge in [0.2, 0.25) is 0 Å². The van der Waals surface area contributed by atoms with E-state index in [2.05, 4.69) is 0 Å². The van der Waals surface area contributed by atoms with Gasteiger partial charge in [-0.1, -0.05) is 0 Å². The molecule has 0 aromatic heterocycles. The highest BCUT2D eigenvalue weighted by Gasteiger charge is 2.29. The van der Waals surface area contributed by atoms with E-state index >= 15 is 0 Å². The quantitative estimate of drug-likeness (QED) is 0.584. The van der Waals surface area contributed by atoms with Gasteiger partial charge in [-0.15, -0.1) is 0 Å². The van der Waals surface area contributed by atoms with Gasteiger partial charge < -0.3 is 20.4 Å². The molecule has 6 nitrogen and oxygen atoms in total. The van der Waals surface area contributed by atoms with Crippen molar-refractivity contribution in [1.82, 2.24) is 0 Å². The van der Waals surface area contributed by atoms with Gasteiger partial charge in [-0.25, -0.2) is 0 Å². The molecule has 0 saturated heterocycles. The van der Waals surface area contributed by atoms with Crippen LogP contribution < -0.4 is 0 Å². The lowest BCUT2D eigenvalue weighted by Crippen LogP contribution is -2.29. The van der Waals surface area contributed by atoms with Gasteiger partial charge in [0.15, 0.2) is 0 Å². The minimum Gasteiger partial charge on any atom is -0.481 e. The van der Waals surface area contributed by atoms with E-state index < -0.39 is 11.9 Å². The molecule has 2 aliphatic carbocycles. The zero-order valence-electron chi connectivity index (χ0n) is 10.2. The standard InChI is InChI=1S/2C6H10O3/c2*7-5-1-4(2-5)3-6(8)9/h2*4-5,7H,1-3H2,(H,8,9). The number of carboxylic acids is 2. The van der Waals surface area contributed by atoms with Crippen LogP contribution in [0.25, 0.3) is 0 Å². The van der Waals surface area contributed by atoms with Crippen molar-refractivity contribution in [3.05, 3.63) is 0 Å². The van der Waals surface area contributed by atoms with Crippen LogP contribution in [-0.2, 0) is 9.59 Å². The van der Waals surface area contributed by atoms with Crippen LogP contribution >= 0.6 is 0 Å². The van der Waals surface area contributed by atoms with Crippen LogP contribution in [0.4, 0.5) is 0 Å². The molecule has 4 N–H and O–H groups in total. The van der Waals surface area contributed by atoms with Crippen molar-refractivity contribution in [1.29, 1.82) is 0 Å². The lowest BCUT2D eigenvalue weighted by atomic mass is 9.80. The summed E-state index contributed by atoms with van der Waals surface area (Å²) in [7, 11) is 0. The highest BCUT2D eigenvalue weighted by Crippen LogP contribution is 2.30. The molecule has 0 atom stereocenters. The van der Waals surface area contributed by atoms with Crippen LogP contribution in [0.3, 0.4) is 0 Å². The minimum absolute atomic E-state index is 0.219. The largest absolute Gasteiger partial charge is 0.481 e. The van der Waals surface area contributed by atoms with Gasteiger partial charge in [-0.3, -0.25) is 9.59 Å². The Labute approximate surface area is 105 Å². The van der Waals surface area contributed by atoms with E-state index in [9.17, 15) is 9.59 Å². The molecule has 0 radical (unpaired) electrons. The smallest absolute Gasteiger partial charge is 0.303 e. The highest BCUT2D eigenvalue weighted by molar-refractivity contribution is 5.67. The lowest BCUT2D eigenvalue weighted by Gasteiger charge is -2.29.